The van der Waals surface area contributed by atoms with E-state index in [9.17, 15) is 9.59 Å². The second kappa shape index (κ2) is 10.0. The fourth-order valence-corrected chi connectivity index (χ4v) is 5.19. The minimum atomic E-state index is -0.457. The Labute approximate surface area is 210 Å². The van der Waals surface area contributed by atoms with Gasteiger partial charge in [0, 0.05) is 29.4 Å². The third kappa shape index (κ3) is 5.98. The van der Waals surface area contributed by atoms with E-state index in [-0.39, 0.29) is 17.5 Å². The molecule has 1 aliphatic heterocycles. The van der Waals surface area contributed by atoms with Crippen LogP contribution < -0.4 is 30.3 Å². The Balaban J connectivity index is 1.42. The summed E-state index contributed by atoms with van der Waals surface area (Å²) in [5.41, 5.74) is 1.01. The lowest BCUT2D eigenvalue weighted by Crippen LogP contribution is -2.40. The Morgan fingerprint density at radius 1 is 1.11 bits per heavy atom. The normalized spacial score (nSPS) is 13.1. The SMILES string of the molecule is COc1cc(N2CCc3nc(NC(=O)Nc4ccsc4C(=O)NC(C)(C)C)sc3C2)nc(OC)n1. The lowest BCUT2D eigenvalue weighted by Gasteiger charge is -2.27. The average Bonchev–Trinajstić information content (AvgIpc) is 3.43. The van der Waals surface area contributed by atoms with Gasteiger partial charge in [0.2, 0.25) is 5.88 Å². The second-order valence-electron chi connectivity index (χ2n) is 8.76. The summed E-state index contributed by atoms with van der Waals surface area (Å²) in [5, 5.41) is 10.7. The number of nitrogens with zero attached hydrogens (tertiary/aromatic N) is 4. The number of rotatable bonds is 6. The zero-order valence-electron chi connectivity index (χ0n) is 20.1. The first-order chi connectivity index (χ1) is 16.6. The van der Waals surface area contributed by atoms with Crippen molar-refractivity contribution in [3.63, 3.8) is 0 Å². The fraction of sp³-hybridized carbons (Fsp3) is 0.409. The van der Waals surface area contributed by atoms with Crippen molar-refractivity contribution in [1.29, 1.82) is 0 Å². The number of carbonyl (C=O) groups excluding carboxylic acids is 2. The average molecular weight is 518 g/mol. The highest BCUT2D eigenvalue weighted by atomic mass is 32.1. The van der Waals surface area contributed by atoms with Crippen molar-refractivity contribution in [2.45, 2.75) is 39.3 Å². The van der Waals surface area contributed by atoms with Gasteiger partial charge in [-0.1, -0.05) is 11.3 Å². The van der Waals surface area contributed by atoms with Gasteiger partial charge in [0.15, 0.2) is 5.13 Å². The Morgan fingerprint density at radius 3 is 2.63 bits per heavy atom. The molecule has 0 spiro atoms. The summed E-state index contributed by atoms with van der Waals surface area (Å²) < 4.78 is 10.4. The number of anilines is 3. The van der Waals surface area contributed by atoms with Gasteiger partial charge in [-0.2, -0.15) is 9.97 Å². The van der Waals surface area contributed by atoms with Crippen molar-refractivity contribution >= 4 is 51.2 Å². The number of thiophene rings is 1. The van der Waals surface area contributed by atoms with E-state index in [0.717, 1.165) is 10.6 Å². The minimum absolute atomic E-state index is 0.231. The summed E-state index contributed by atoms with van der Waals surface area (Å²) in [6, 6.07) is 3.24. The molecular weight excluding hydrogens is 490 g/mol. The Kier molecular flexibility index (Phi) is 7.08. The molecule has 0 saturated heterocycles. The van der Waals surface area contributed by atoms with Crippen molar-refractivity contribution in [3.8, 4) is 11.9 Å². The molecule has 1 aliphatic rings. The van der Waals surface area contributed by atoms with Crippen LogP contribution in [-0.4, -0.2) is 53.2 Å². The molecule has 3 aromatic heterocycles. The van der Waals surface area contributed by atoms with Gasteiger partial charge in [0.05, 0.1) is 32.1 Å². The van der Waals surface area contributed by atoms with Crippen LogP contribution in [0.25, 0.3) is 0 Å². The summed E-state index contributed by atoms with van der Waals surface area (Å²) in [6.07, 6.45) is 0.700. The van der Waals surface area contributed by atoms with E-state index in [1.165, 1.54) is 29.8 Å². The summed E-state index contributed by atoms with van der Waals surface area (Å²) >= 11 is 2.68. The molecule has 0 aliphatic carbocycles. The Morgan fingerprint density at radius 2 is 1.91 bits per heavy atom. The summed E-state index contributed by atoms with van der Waals surface area (Å²) in [4.78, 5) is 41.9. The molecule has 11 nitrogen and oxygen atoms in total. The van der Waals surface area contributed by atoms with Crippen molar-refractivity contribution in [2.24, 2.45) is 0 Å². The van der Waals surface area contributed by atoms with Crippen molar-refractivity contribution in [3.05, 3.63) is 33.0 Å². The minimum Gasteiger partial charge on any atom is -0.481 e. The van der Waals surface area contributed by atoms with Crippen LogP contribution in [0.3, 0.4) is 0 Å². The topological polar surface area (TPSA) is 131 Å². The molecule has 0 radical (unpaired) electrons. The highest BCUT2D eigenvalue weighted by molar-refractivity contribution is 7.16. The number of ether oxygens (including phenoxy) is 2. The first kappa shape index (κ1) is 24.7. The van der Waals surface area contributed by atoms with Gasteiger partial charge >= 0.3 is 12.0 Å². The van der Waals surface area contributed by atoms with E-state index in [2.05, 4.69) is 35.8 Å². The molecular formula is C22H27N7O4S2. The van der Waals surface area contributed by atoms with E-state index in [1.54, 1.807) is 24.6 Å². The van der Waals surface area contributed by atoms with Crippen LogP contribution in [0.5, 0.6) is 11.9 Å². The number of urea groups is 1. The van der Waals surface area contributed by atoms with Gasteiger partial charge in [-0.3, -0.25) is 10.1 Å². The fourth-order valence-electron chi connectivity index (χ4n) is 3.43. The van der Waals surface area contributed by atoms with E-state index in [4.69, 9.17) is 9.47 Å². The predicted octanol–water partition coefficient (Wildman–Crippen LogP) is 3.75. The third-order valence-electron chi connectivity index (χ3n) is 4.94. The molecule has 3 N–H and O–H groups in total. The molecule has 35 heavy (non-hydrogen) atoms. The standard InChI is InChI=1S/C22H27N7O4S2/c1-22(2,3)28-18(30)17-13(7-9-34-17)23-19(31)27-21-24-12-6-8-29(11-14(12)35-21)15-10-16(32-4)26-20(25-15)33-5/h7,9-10H,6,8,11H2,1-5H3,(H,28,30)(H2,23,24,27,31). The first-order valence-corrected chi connectivity index (χ1v) is 12.5. The van der Waals surface area contributed by atoms with Crippen LogP contribution >= 0.6 is 22.7 Å². The molecule has 0 aromatic carbocycles. The lowest BCUT2D eigenvalue weighted by atomic mass is 10.1. The molecule has 0 saturated carbocycles. The molecule has 0 fully saturated rings. The number of hydrogen-bond acceptors (Lipinski definition) is 10. The van der Waals surface area contributed by atoms with E-state index >= 15 is 0 Å². The number of carbonyl (C=O) groups is 2. The molecule has 13 heteroatoms. The van der Waals surface area contributed by atoms with Crippen LogP contribution in [0, 0.1) is 0 Å². The molecule has 0 unspecified atom stereocenters. The molecule has 0 bridgehead atoms. The van der Waals surface area contributed by atoms with Crippen molar-refractivity contribution in [1.82, 2.24) is 20.3 Å². The molecule has 3 amide bonds. The van der Waals surface area contributed by atoms with Crippen LogP contribution in [0.15, 0.2) is 17.5 Å². The largest absolute Gasteiger partial charge is 0.481 e. The van der Waals surface area contributed by atoms with Gasteiger partial charge in [0.25, 0.3) is 5.91 Å². The number of fused-ring (bicyclic) bond motifs is 1. The maximum absolute atomic E-state index is 12.6. The second-order valence-corrected chi connectivity index (χ2v) is 10.8. The highest BCUT2D eigenvalue weighted by Gasteiger charge is 2.24. The number of hydrogen-bond donors (Lipinski definition) is 3. The summed E-state index contributed by atoms with van der Waals surface area (Å²) in [7, 11) is 3.05. The van der Waals surface area contributed by atoms with Crippen LogP contribution in [-0.2, 0) is 13.0 Å². The highest BCUT2D eigenvalue weighted by Crippen LogP contribution is 2.32. The number of nitrogens with one attached hydrogen (secondary N) is 3. The molecule has 3 aromatic rings. The van der Waals surface area contributed by atoms with E-state index in [1.807, 2.05) is 20.8 Å². The van der Waals surface area contributed by atoms with Gasteiger partial charge in [0.1, 0.15) is 10.7 Å². The van der Waals surface area contributed by atoms with E-state index in [0.29, 0.717) is 46.9 Å². The molecule has 0 atom stereocenters. The summed E-state index contributed by atoms with van der Waals surface area (Å²) in [6.45, 7) is 7.00. The predicted molar refractivity (Wildman–Crippen MR) is 136 cm³/mol. The summed E-state index contributed by atoms with van der Waals surface area (Å²) in [5.74, 6) is 0.883. The number of aromatic nitrogens is 3. The zero-order valence-corrected chi connectivity index (χ0v) is 21.7. The maximum Gasteiger partial charge on any atom is 0.325 e. The quantitative estimate of drug-likeness (QED) is 0.451. The third-order valence-corrected chi connectivity index (χ3v) is 6.86. The molecule has 186 valence electrons. The smallest absolute Gasteiger partial charge is 0.325 e. The molecule has 4 rings (SSSR count). The maximum atomic E-state index is 12.6. The van der Waals surface area contributed by atoms with Gasteiger partial charge in [-0.05, 0) is 32.2 Å². The Hall–Kier alpha value is -3.45. The number of thiazole rings is 1. The van der Waals surface area contributed by atoms with Crippen molar-refractivity contribution < 1.29 is 19.1 Å². The van der Waals surface area contributed by atoms with Crippen LogP contribution in [0.2, 0.25) is 0 Å². The molecule has 4 heterocycles. The van der Waals surface area contributed by atoms with Gasteiger partial charge in [-0.25, -0.2) is 9.78 Å². The van der Waals surface area contributed by atoms with Gasteiger partial charge in [-0.15, -0.1) is 11.3 Å². The van der Waals surface area contributed by atoms with Crippen LogP contribution in [0.4, 0.5) is 21.4 Å². The lowest BCUT2D eigenvalue weighted by molar-refractivity contribution is 0.0924. The van der Waals surface area contributed by atoms with Gasteiger partial charge < -0.3 is 25.0 Å². The Bertz CT molecular complexity index is 1210. The zero-order chi connectivity index (χ0) is 25.2. The van der Waals surface area contributed by atoms with Crippen LogP contribution in [0.1, 0.15) is 41.0 Å². The van der Waals surface area contributed by atoms with Crippen molar-refractivity contribution in [2.75, 3.05) is 36.3 Å². The first-order valence-electron chi connectivity index (χ1n) is 10.8. The van der Waals surface area contributed by atoms with E-state index < -0.39 is 6.03 Å². The number of methoxy groups -OCH3 is 2. The number of amides is 3. The monoisotopic (exact) mass is 517 g/mol.